The number of carboxylic acid groups (broad SMARTS) is 1. The maximum absolute atomic E-state index is 13.6. The first kappa shape index (κ1) is 23.0. The van der Waals surface area contributed by atoms with E-state index in [1.165, 1.54) is 6.07 Å². The van der Waals surface area contributed by atoms with Crippen molar-refractivity contribution in [1.29, 1.82) is 0 Å². The molecule has 1 N–H and O–H groups in total. The molecular formula is C20H21Cl2O4PS. The minimum atomic E-state index is -3.45. The first-order valence-corrected chi connectivity index (χ1v) is 11.9. The molecule has 0 spiro atoms. The Labute approximate surface area is 179 Å². The highest BCUT2D eigenvalue weighted by molar-refractivity contribution is 7.66. The molecule has 1 aromatic heterocycles. The van der Waals surface area contributed by atoms with E-state index in [0.717, 1.165) is 11.3 Å². The van der Waals surface area contributed by atoms with E-state index in [9.17, 15) is 14.5 Å². The van der Waals surface area contributed by atoms with E-state index in [1.54, 1.807) is 25.1 Å². The fourth-order valence-corrected chi connectivity index (χ4v) is 6.41. The first-order chi connectivity index (χ1) is 12.9. The maximum atomic E-state index is 13.6. The summed E-state index contributed by atoms with van der Waals surface area (Å²) in [6.45, 7) is 7.83. The van der Waals surface area contributed by atoms with E-state index in [2.05, 4.69) is 11.8 Å². The van der Waals surface area contributed by atoms with Crippen LogP contribution in [0.4, 0.5) is 0 Å². The van der Waals surface area contributed by atoms with E-state index in [-0.39, 0.29) is 28.1 Å². The monoisotopic (exact) mass is 458 g/mol. The molecule has 1 aromatic carbocycles. The second-order valence-corrected chi connectivity index (χ2v) is 11.4. The molecule has 28 heavy (non-hydrogen) atoms. The molecule has 0 radical (unpaired) electrons. The van der Waals surface area contributed by atoms with Gasteiger partial charge in [0.1, 0.15) is 4.88 Å². The van der Waals surface area contributed by atoms with Crippen molar-refractivity contribution < 1.29 is 19.0 Å². The molecular weight excluding hydrogens is 438 g/mol. The second kappa shape index (κ2) is 9.03. The smallest absolute Gasteiger partial charge is 0.346 e. The third kappa shape index (κ3) is 5.86. The fraction of sp³-hybridized carbons (Fsp3) is 0.350. The van der Waals surface area contributed by atoms with Crippen molar-refractivity contribution in [2.45, 2.75) is 33.9 Å². The van der Waals surface area contributed by atoms with Crippen LogP contribution in [-0.2, 0) is 15.3 Å². The number of aromatic carboxylic acids is 1. The lowest BCUT2D eigenvalue weighted by Gasteiger charge is -2.19. The average molecular weight is 459 g/mol. The Kier molecular flexibility index (Phi) is 7.42. The number of thiophene rings is 1. The molecule has 0 saturated carbocycles. The minimum absolute atomic E-state index is 0.0858. The molecule has 1 atom stereocenters. The zero-order chi connectivity index (χ0) is 21.1. The van der Waals surface area contributed by atoms with Gasteiger partial charge in [-0.3, -0.25) is 4.57 Å². The summed E-state index contributed by atoms with van der Waals surface area (Å²) >= 11 is 13.3. The fourth-order valence-electron chi connectivity index (χ4n) is 2.43. The normalized spacial score (nSPS) is 13.5. The molecule has 8 heteroatoms. The van der Waals surface area contributed by atoms with Crippen LogP contribution in [0.25, 0.3) is 0 Å². The summed E-state index contributed by atoms with van der Waals surface area (Å²) in [5.41, 5.74) is 0.198. The van der Waals surface area contributed by atoms with Crippen molar-refractivity contribution in [2.24, 2.45) is 5.41 Å². The molecule has 1 heterocycles. The summed E-state index contributed by atoms with van der Waals surface area (Å²) in [7, 11) is -3.45. The van der Waals surface area contributed by atoms with Crippen LogP contribution in [0.15, 0.2) is 24.3 Å². The lowest BCUT2D eigenvalue weighted by molar-refractivity contribution is 0.0701. The first-order valence-electron chi connectivity index (χ1n) is 8.53. The van der Waals surface area contributed by atoms with E-state index < -0.39 is 13.3 Å². The van der Waals surface area contributed by atoms with Crippen molar-refractivity contribution in [3.05, 3.63) is 49.6 Å². The molecule has 0 saturated heterocycles. The number of benzene rings is 1. The van der Waals surface area contributed by atoms with Gasteiger partial charge in [-0.15, -0.1) is 11.3 Å². The van der Waals surface area contributed by atoms with Gasteiger partial charge in [0.15, 0.2) is 0 Å². The Balaban J connectivity index is 2.52. The van der Waals surface area contributed by atoms with Gasteiger partial charge in [-0.1, -0.05) is 35.0 Å². The molecule has 2 rings (SSSR count). The van der Waals surface area contributed by atoms with Gasteiger partial charge < -0.3 is 9.63 Å². The van der Waals surface area contributed by atoms with E-state index in [1.807, 2.05) is 20.8 Å². The summed E-state index contributed by atoms with van der Waals surface area (Å²) in [5.74, 6) is 5.00. The lowest BCUT2D eigenvalue weighted by Crippen LogP contribution is -2.12. The molecule has 4 nitrogen and oxygen atoms in total. The molecule has 0 aliphatic heterocycles. The van der Waals surface area contributed by atoms with Crippen molar-refractivity contribution >= 4 is 53.2 Å². The molecule has 0 fully saturated rings. The average Bonchev–Trinajstić information content (AvgIpc) is 2.95. The Morgan fingerprint density at radius 1 is 1.29 bits per heavy atom. The zero-order valence-electron chi connectivity index (χ0n) is 16.0. The topological polar surface area (TPSA) is 63.6 Å². The number of rotatable bonds is 6. The van der Waals surface area contributed by atoms with Gasteiger partial charge in [0.2, 0.25) is 7.37 Å². The number of halogens is 2. The highest BCUT2D eigenvalue weighted by Crippen LogP contribution is 2.52. The van der Waals surface area contributed by atoms with Crippen molar-refractivity contribution in [2.75, 3.05) is 6.61 Å². The van der Waals surface area contributed by atoms with Gasteiger partial charge in [-0.25, -0.2) is 4.79 Å². The second-order valence-electron chi connectivity index (χ2n) is 7.12. The van der Waals surface area contributed by atoms with Gasteiger partial charge >= 0.3 is 5.97 Å². The summed E-state index contributed by atoms with van der Waals surface area (Å²) < 4.78 is 19.2. The van der Waals surface area contributed by atoms with Crippen LogP contribution < -0.4 is 5.30 Å². The predicted molar refractivity (Wildman–Crippen MR) is 117 cm³/mol. The van der Waals surface area contributed by atoms with Crippen LogP contribution in [0.3, 0.4) is 0 Å². The summed E-state index contributed by atoms with van der Waals surface area (Å²) in [6.07, 6.45) is -0.0858. The standard InChI is InChI=1S/C20H21Cl2O4PS/c1-5-26-27(25,17-7-6-14(21)11-16(17)22)12-13-10-15(8-9-20(2,3)4)28-18(13)19(23)24/h6-7,10-11H,5,12H2,1-4H3,(H,23,24). The van der Waals surface area contributed by atoms with Gasteiger partial charge in [0.25, 0.3) is 0 Å². The van der Waals surface area contributed by atoms with Crippen molar-refractivity contribution in [3.8, 4) is 11.8 Å². The Hall–Kier alpha value is -1.28. The molecule has 0 amide bonds. The highest BCUT2D eigenvalue weighted by atomic mass is 35.5. The SMILES string of the molecule is CCOP(=O)(Cc1cc(C#CC(C)(C)C)sc1C(=O)O)c1ccc(Cl)cc1Cl. The van der Waals surface area contributed by atoms with Crippen LogP contribution in [0.2, 0.25) is 10.0 Å². The summed E-state index contributed by atoms with van der Waals surface area (Å²) in [4.78, 5) is 12.4. The molecule has 1 unspecified atom stereocenters. The van der Waals surface area contributed by atoms with Crippen molar-refractivity contribution in [3.63, 3.8) is 0 Å². The molecule has 0 bridgehead atoms. The van der Waals surface area contributed by atoms with Crippen LogP contribution >= 0.6 is 41.9 Å². The Bertz CT molecular complexity index is 996. The van der Waals surface area contributed by atoms with Crippen molar-refractivity contribution in [1.82, 2.24) is 0 Å². The zero-order valence-corrected chi connectivity index (χ0v) is 19.2. The number of carboxylic acids is 1. The highest BCUT2D eigenvalue weighted by Gasteiger charge is 2.31. The number of hydrogen-bond acceptors (Lipinski definition) is 4. The Morgan fingerprint density at radius 3 is 2.50 bits per heavy atom. The summed E-state index contributed by atoms with van der Waals surface area (Å²) in [6, 6.07) is 6.31. The van der Waals surface area contributed by atoms with E-state index in [0.29, 0.717) is 20.8 Å². The largest absolute Gasteiger partial charge is 0.477 e. The van der Waals surface area contributed by atoms with Crippen LogP contribution in [0, 0.1) is 17.3 Å². The number of carbonyl (C=O) groups is 1. The van der Waals surface area contributed by atoms with Gasteiger partial charge in [-0.05, 0) is 57.5 Å². The Morgan fingerprint density at radius 2 is 1.96 bits per heavy atom. The molecule has 0 aliphatic carbocycles. The third-order valence-electron chi connectivity index (χ3n) is 3.56. The van der Waals surface area contributed by atoms with Crippen LogP contribution in [-0.4, -0.2) is 17.7 Å². The quantitative estimate of drug-likeness (QED) is 0.407. The predicted octanol–water partition coefficient (Wildman–Crippen LogP) is 6.29. The summed E-state index contributed by atoms with van der Waals surface area (Å²) in [5, 5.41) is 10.5. The minimum Gasteiger partial charge on any atom is -0.477 e. The van der Waals surface area contributed by atoms with Gasteiger partial charge in [0, 0.05) is 10.4 Å². The van der Waals surface area contributed by atoms with Crippen LogP contribution in [0.5, 0.6) is 0 Å². The van der Waals surface area contributed by atoms with E-state index >= 15 is 0 Å². The molecule has 0 aliphatic rings. The molecule has 150 valence electrons. The lowest BCUT2D eigenvalue weighted by atomic mass is 9.98. The van der Waals surface area contributed by atoms with Crippen LogP contribution in [0.1, 0.15) is 47.8 Å². The third-order valence-corrected chi connectivity index (χ3v) is 7.87. The van der Waals surface area contributed by atoms with Gasteiger partial charge in [0.05, 0.1) is 28.0 Å². The van der Waals surface area contributed by atoms with E-state index in [4.69, 9.17) is 27.7 Å². The maximum Gasteiger partial charge on any atom is 0.346 e. The number of hydrogen-bond donors (Lipinski definition) is 1. The van der Waals surface area contributed by atoms with Gasteiger partial charge in [-0.2, -0.15) is 0 Å². The molecule has 2 aromatic rings.